The molecule has 0 saturated heterocycles. The molecule has 1 rings (SSSR count). The summed E-state index contributed by atoms with van der Waals surface area (Å²) in [5, 5.41) is 8.78. The number of aliphatic carboxylic acids is 1. The van der Waals surface area contributed by atoms with Gasteiger partial charge in [-0.1, -0.05) is 30.3 Å². The molecule has 0 aliphatic heterocycles. The summed E-state index contributed by atoms with van der Waals surface area (Å²) in [4.78, 5) is 10.7. The molecule has 3 nitrogen and oxygen atoms in total. The van der Waals surface area contributed by atoms with Crippen molar-refractivity contribution in [2.45, 2.75) is 32.5 Å². The van der Waals surface area contributed by atoms with Crippen LogP contribution in [0.15, 0.2) is 30.3 Å². The Bertz CT molecular complexity index is 306. The largest absolute Gasteiger partial charge is 0.481 e. The van der Waals surface area contributed by atoms with Gasteiger partial charge in [-0.25, -0.2) is 0 Å². The number of hydrogen-bond donors (Lipinski definition) is 1. The molecule has 0 aliphatic rings. The summed E-state index contributed by atoms with van der Waals surface area (Å²) in [5.41, 5.74) is 0.911. The van der Waals surface area contributed by atoms with Crippen molar-refractivity contribution in [2.75, 3.05) is 0 Å². The SMILES string of the molecule is CC(C)O[C@@H](CC(=O)O)c1ccccc1. The second-order valence-electron chi connectivity index (χ2n) is 3.68. The predicted molar refractivity (Wildman–Crippen MR) is 57.7 cm³/mol. The average molecular weight is 208 g/mol. The molecule has 1 atom stereocenters. The van der Waals surface area contributed by atoms with Gasteiger partial charge in [0.15, 0.2) is 0 Å². The number of ether oxygens (including phenoxy) is 1. The van der Waals surface area contributed by atoms with Crippen molar-refractivity contribution in [3.05, 3.63) is 35.9 Å². The van der Waals surface area contributed by atoms with Crippen LogP contribution in [0.1, 0.15) is 31.9 Å². The number of carbonyl (C=O) groups is 1. The standard InChI is InChI=1S/C12H16O3/c1-9(2)15-11(8-12(13)14)10-6-4-3-5-7-10/h3-7,9,11H,8H2,1-2H3,(H,13,14)/t11-/m0/s1. The molecule has 15 heavy (non-hydrogen) atoms. The van der Waals surface area contributed by atoms with E-state index in [1.165, 1.54) is 0 Å². The van der Waals surface area contributed by atoms with Gasteiger partial charge >= 0.3 is 5.97 Å². The Hall–Kier alpha value is -1.35. The molecule has 0 heterocycles. The first-order valence-corrected chi connectivity index (χ1v) is 5.01. The first-order chi connectivity index (χ1) is 7.09. The van der Waals surface area contributed by atoms with Gasteiger partial charge in [-0.15, -0.1) is 0 Å². The molecule has 0 spiro atoms. The van der Waals surface area contributed by atoms with Gasteiger partial charge < -0.3 is 9.84 Å². The molecule has 0 fully saturated rings. The summed E-state index contributed by atoms with van der Waals surface area (Å²) < 4.78 is 5.57. The summed E-state index contributed by atoms with van der Waals surface area (Å²) in [6, 6.07) is 9.43. The smallest absolute Gasteiger partial charge is 0.306 e. The van der Waals surface area contributed by atoms with Crippen LogP contribution in [0.25, 0.3) is 0 Å². The predicted octanol–water partition coefficient (Wildman–Crippen LogP) is 2.63. The first kappa shape index (κ1) is 11.7. The van der Waals surface area contributed by atoms with Gasteiger partial charge in [0.05, 0.1) is 18.6 Å². The number of carboxylic acid groups (broad SMARTS) is 1. The van der Waals surface area contributed by atoms with Crippen LogP contribution in [0, 0.1) is 0 Å². The quantitative estimate of drug-likeness (QED) is 0.809. The molecular formula is C12H16O3. The molecule has 0 aliphatic carbocycles. The summed E-state index contributed by atoms with van der Waals surface area (Å²) in [7, 11) is 0. The topological polar surface area (TPSA) is 46.5 Å². The van der Waals surface area contributed by atoms with Crippen LogP contribution >= 0.6 is 0 Å². The van der Waals surface area contributed by atoms with E-state index >= 15 is 0 Å². The highest BCUT2D eigenvalue weighted by atomic mass is 16.5. The zero-order chi connectivity index (χ0) is 11.3. The van der Waals surface area contributed by atoms with Crippen LogP contribution in [-0.2, 0) is 9.53 Å². The molecule has 1 aromatic rings. The monoisotopic (exact) mass is 208 g/mol. The van der Waals surface area contributed by atoms with Crippen LogP contribution in [0.3, 0.4) is 0 Å². The maximum Gasteiger partial charge on any atom is 0.306 e. The van der Waals surface area contributed by atoms with Gasteiger partial charge in [-0.05, 0) is 19.4 Å². The van der Waals surface area contributed by atoms with Crippen molar-refractivity contribution < 1.29 is 14.6 Å². The van der Waals surface area contributed by atoms with Crippen molar-refractivity contribution >= 4 is 5.97 Å². The zero-order valence-corrected chi connectivity index (χ0v) is 9.01. The van der Waals surface area contributed by atoms with E-state index in [0.717, 1.165) is 5.56 Å². The van der Waals surface area contributed by atoms with Crippen LogP contribution in [0.4, 0.5) is 0 Å². The fraction of sp³-hybridized carbons (Fsp3) is 0.417. The molecule has 0 radical (unpaired) electrons. The first-order valence-electron chi connectivity index (χ1n) is 5.01. The summed E-state index contributed by atoms with van der Waals surface area (Å²) in [6.45, 7) is 3.80. The molecular weight excluding hydrogens is 192 g/mol. The second-order valence-corrected chi connectivity index (χ2v) is 3.68. The maximum atomic E-state index is 10.7. The van der Waals surface area contributed by atoms with Crippen LogP contribution in [0.5, 0.6) is 0 Å². The highest BCUT2D eigenvalue weighted by Gasteiger charge is 2.16. The van der Waals surface area contributed by atoms with E-state index in [9.17, 15) is 4.79 Å². The lowest BCUT2D eigenvalue weighted by Crippen LogP contribution is -2.14. The Balaban J connectivity index is 2.76. The lowest BCUT2D eigenvalue weighted by molar-refractivity contribution is -0.141. The number of benzene rings is 1. The van der Waals surface area contributed by atoms with Crippen molar-refractivity contribution in [1.29, 1.82) is 0 Å². The van der Waals surface area contributed by atoms with Crippen LogP contribution in [0.2, 0.25) is 0 Å². The van der Waals surface area contributed by atoms with E-state index in [1.54, 1.807) is 0 Å². The lowest BCUT2D eigenvalue weighted by atomic mass is 10.1. The second kappa shape index (κ2) is 5.51. The Morgan fingerprint density at radius 3 is 2.40 bits per heavy atom. The lowest BCUT2D eigenvalue weighted by Gasteiger charge is -2.19. The van der Waals surface area contributed by atoms with Crippen molar-refractivity contribution in [2.24, 2.45) is 0 Å². The van der Waals surface area contributed by atoms with E-state index in [0.29, 0.717) is 0 Å². The summed E-state index contributed by atoms with van der Waals surface area (Å²) in [5.74, 6) is -0.843. The van der Waals surface area contributed by atoms with Gasteiger partial charge in [0.1, 0.15) is 0 Å². The summed E-state index contributed by atoms with van der Waals surface area (Å²) in [6.07, 6.45) is -0.333. The van der Waals surface area contributed by atoms with Gasteiger partial charge in [0, 0.05) is 0 Å². The van der Waals surface area contributed by atoms with Gasteiger partial charge in [-0.3, -0.25) is 4.79 Å². The molecule has 0 amide bonds. The van der Waals surface area contributed by atoms with Crippen molar-refractivity contribution in [3.8, 4) is 0 Å². The molecule has 82 valence electrons. The Labute approximate surface area is 89.7 Å². The van der Waals surface area contributed by atoms with Gasteiger partial charge in [-0.2, -0.15) is 0 Å². The zero-order valence-electron chi connectivity index (χ0n) is 9.01. The van der Waals surface area contributed by atoms with E-state index in [4.69, 9.17) is 9.84 Å². The summed E-state index contributed by atoms with van der Waals surface area (Å²) >= 11 is 0. The minimum Gasteiger partial charge on any atom is -0.481 e. The maximum absolute atomic E-state index is 10.7. The van der Waals surface area contributed by atoms with Crippen molar-refractivity contribution in [1.82, 2.24) is 0 Å². The van der Waals surface area contributed by atoms with E-state index in [-0.39, 0.29) is 18.6 Å². The van der Waals surface area contributed by atoms with E-state index < -0.39 is 5.97 Å². The fourth-order valence-electron chi connectivity index (χ4n) is 1.40. The highest BCUT2D eigenvalue weighted by molar-refractivity contribution is 5.67. The third kappa shape index (κ3) is 4.13. The number of carboxylic acids is 1. The molecule has 1 N–H and O–H groups in total. The van der Waals surface area contributed by atoms with Crippen LogP contribution in [-0.4, -0.2) is 17.2 Å². The average Bonchev–Trinajstić information content (AvgIpc) is 2.17. The normalized spacial score (nSPS) is 12.7. The molecule has 0 unspecified atom stereocenters. The fourth-order valence-corrected chi connectivity index (χ4v) is 1.40. The van der Waals surface area contributed by atoms with Gasteiger partial charge in [0.2, 0.25) is 0 Å². The Kier molecular flexibility index (Phi) is 4.31. The molecule has 1 aromatic carbocycles. The van der Waals surface area contributed by atoms with Gasteiger partial charge in [0.25, 0.3) is 0 Å². The molecule has 0 aromatic heterocycles. The molecule has 0 bridgehead atoms. The Morgan fingerprint density at radius 1 is 1.33 bits per heavy atom. The van der Waals surface area contributed by atoms with Crippen LogP contribution < -0.4 is 0 Å². The number of hydrogen-bond acceptors (Lipinski definition) is 2. The highest BCUT2D eigenvalue weighted by Crippen LogP contribution is 2.22. The van der Waals surface area contributed by atoms with E-state index in [2.05, 4.69) is 0 Å². The minimum atomic E-state index is -0.843. The third-order valence-corrected chi connectivity index (χ3v) is 1.97. The van der Waals surface area contributed by atoms with E-state index in [1.807, 2.05) is 44.2 Å². The molecule has 3 heteroatoms. The third-order valence-electron chi connectivity index (χ3n) is 1.97. The minimum absolute atomic E-state index is 0.00218. The molecule has 0 saturated carbocycles. The Morgan fingerprint density at radius 2 is 1.93 bits per heavy atom. The number of rotatable bonds is 5. The van der Waals surface area contributed by atoms with Crippen molar-refractivity contribution in [3.63, 3.8) is 0 Å².